The Hall–Kier alpha value is -3.32. The zero-order valence-corrected chi connectivity index (χ0v) is 20.4. The van der Waals surface area contributed by atoms with E-state index in [2.05, 4.69) is 122 Å². The number of hydrogen-bond donors (Lipinski definition) is 0. The van der Waals surface area contributed by atoms with E-state index >= 15 is 0 Å². The van der Waals surface area contributed by atoms with Gasteiger partial charge in [-0.05, 0) is 47.1 Å². The van der Waals surface area contributed by atoms with Gasteiger partial charge in [-0.1, -0.05) is 112 Å². The van der Waals surface area contributed by atoms with Crippen LogP contribution in [0, 0.1) is 11.8 Å². The van der Waals surface area contributed by atoms with Gasteiger partial charge < -0.3 is 4.57 Å². The molecule has 0 aliphatic heterocycles. The van der Waals surface area contributed by atoms with Crippen molar-refractivity contribution in [2.45, 2.75) is 45.6 Å². The van der Waals surface area contributed by atoms with Crippen molar-refractivity contribution >= 4 is 22.6 Å². The van der Waals surface area contributed by atoms with Gasteiger partial charge in [-0.15, -0.1) is 0 Å². The molecule has 0 bridgehead atoms. The molecule has 0 amide bonds. The monoisotopic (exact) mass is 443 g/mol. The second-order valence-electron chi connectivity index (χ2n) is 10.3. The molecule has 4 unspecified atom stereocenters. The number of rotatable bonds is 3. The molecule has 3 aliphatic carbocycles. The highest BCUT2D eigenvalue weighted by atomic mass is 15.0. The first kappa shape index (κ1) is 21.2. The molecule has 4 atom stereocenters. The van der Waals surface area contributed by atoms with Crippen molar-refractivity contribution in [1.29, 1.82) is 0 Å². The predicted octanol–water partition coefficient (Wildman–Crippen LogP) is 8.88. The number of hydrogen-bond acceptors (Lipinski definition) is 0. The number of aromatic nitrogens is 1. The maximum atomic E-state index is 2.68. The molecule has 1 aromatic heterocycles. The molecular weight excluding hydrogens is 410 g/mol. The fraction of sp³-hybridized carbons (Fsp3) is 0.273. The van der Waals surface area contributed by atoms with Crippen molar-refractivity contribution in [3.8, 4) is 0 Å². The summed E-state index contributed by atoms with van der Waals surface area (Å²) in [4.78, 5) is 0. The van der Waals surface area contributed by atoms with Gasteiger partial charge in [0, 0.05) is 34.0 Å². The predicted molar refractivity (Wildman–Crippen MR) is 146 cm³/mol. The highest BCUT2D eigenvalue weighted by Crippen LogP contribution is 2.47. The second-order valence-corrected chi connectivity index (χ2v) is 10.3. The lowest BCUT2D eigenvalue weighted by molar-refractivity contribution is 0.452. The standard InChI is InChI=1S/C33H33N/c1-22-12-7-8-16-27(22)30-20-26(25-14-5-4-6-15-25)21-32(24(30)3)34-31-19-10-9-17-28(31)29-18-11-13-23(2)33(29)34/h4-11,14-24,32H,12-13H2,1-3H3. The van der Waals surface area contributed by atoms with Crippen LogP contribution in [0.3, 0.4) is 0 Å². The summed E-state index contributed by atoms with van der Waals surface area (Å²) in [6.07, 6.45) is 18.8. The molecule has 34 heavy (non-hydrogen) atoms. The molecule has 0 spiro atoms. The molecule has 6 rings (SSSR count). The lowest BCUT2D eigenvalue weighted by atomic mass is 9.75. The molecule has 1 heterocycles. The van der Waals surface area contributed by atoms with Crippen LogP contribution < -0.4 is 0 Å². The Labute approximate surface area is 203 Å². The van der Waals surface area contributed by atoms with Crippen molar-refractivity contribution in [1.82, 2.24) is 4.57 Å². The smallest absolute Gasteiger partial charge is 0.0594 e. The largest absolute Gasteiger partial charge is 0.336 e. The molecule has 3 aromatic rings. The van der Waals surface area contributed by atoms with Gasteiger partial charge in [0.1, 0.15) is 0 Å². The van der Waals surface area contributed by atoms with Crippen LogP contribution in [-0.2, 0) is 0 Å². The summed E-state index contributed by atoms with van der Waals surface area (Å²) < 4.78 is 2.68. The minimum atomic E-state index is 0.275. The fourth-order valence-corrected chi connectivity index (χ4v) is 6.25. The van der Waals surface area contributed by atoms with Crippen molar-refractivity contribution in [3.05, 3.63) is 119 Å². The van der Waals surface area contributed by atoms with E-state index in [1.807, 2.05) is 0 Å². The van der Waals surface area contributed by atoms with Crippen molar-refractivity contribution in [2.75, 3.05) is 0 Å². The summed E-state index contributed by atoms with van der Waals surface area (Å²) in [6.45, 7) is 7.20. The van der Waals surface area contributed by atoms with Gasteiger partial charge in [-0.25, -0.2) is 0 Å². The third-order valence-corrected chi connectivity index (χ3v) is 8.07. The van der Waals surface area contributed by atoms with Gasteiger partial charge in [-0.2, -0.15) is 0 Å². The number of para-hydroxylation sites is 1. The van der Waals surface area contributed by atoms with E-state index in [1.165, 1.54) is 44.4 Å². The first-order chi connectivity index (χ1) is 16.6. The van der Waals surface area contributed by atoms with Crippen LogP contribution in [0.2, 0.25) is 0 Å². The van der Waals surface area contributed by atoms with E-state index in [0.29, 0.717) is 17.8 Å². The molecule has 0 radical (unpaired) electrons. The molecule has 1 nitrogen and oxygen atoms in total. The van der Waals surface area contributed by atoms with E-state index in [9.17, 15) is 0 Å². The first-order valence-electron chi connectivity index (χ1n) is 12.8. The van der Waals surface area contributed by atoms with E-state index in [4.69, 9.17) is 0 Å². The molecule has 1 heteroatoms. The Bertz CT molecular complexity index is 1390. The second kappa shape index (κ2) is 8.47. The van der Waals surface area contributed by atoms with E-state index < -0.39 is 0 Å². The minimum absolute atomic E-state index is 0.275. The van der Waals surface area contributed by atoms with E-state index in [0.717, 1.165) is 12.8 Å². The Morgan fingerprint density at radius 3 is 2.38 bits per heavy atom. The van der Waals surface area contributed by atoms with Crippen LogP contribution in [0.4, 0.5) is 0 Å². The summed E-state index contributed by atoms with van der Waals surface area (Å²) in [7, 11) is 0. The highest BCUT2D eigenvalue weighted by molar-refractivity contribution is 5.92. The summed E-state index contributed by atoms with van der Waals surface area (Å²) in [5.74, 6) is 1.45. The number of fused-ring (bicyclic) bond motifs is 3. The summed E-state index contributed by atoms with van der Waals surface area (Å²) >= 11 is 0. The van der Waals surface area contributed by atoms with Crippen LogP contribution in [0.1, 0.15) is 62.4 Å². The molecule has 0 saturated carbocycles. The zero-order valence-electron chi connectivity index (χ0n) is 20.4. The zero-order chi connectivity index (χ0) is 23.2. The molecule has 3 aliphatic rings. The Balaban J connectivity index is 1.60. The highest BCUT2D eigenvalue weighted by Gasteiger charge is 2.33. The molecular formula is C33H33N. The lowest BCUT2D eigenvalue weighted by Gasteiger charge is -2.36. The van der Waals surface area contributed by atoms with Crippen LogP contribution in [0.5, 0.6) is 0 Å². The van der Waals surface area contributed by atoms with Crippen molar-refractivity contribution in [3.63, 3.8) is 0 Å². The quantitative estimate of drug-likeness (QED) is 0.381. The van der Waals surface area contributed by atoms with Gasteiger partial charge in [-0.3, -0.25) is 0 Å². The lowest BCUT2D eigenvalue weighted by Crippen LogP contribution is -2.25. The van der Waals surface area contributed by atoms with Gasteiger partial charge in [0.2, 0.25) is 0 Å². The topological polar surface area (TPSA) is 4.93 Å². The molecule has 170 valence electrons. The third kappa shape index (κ3) is 3.38. The van der Waals surface area contributed by atoms with Gasteiger partial charge in [0.05, 0.1) is 6.04 Å². The van der Waals surface area contributed by atoms with Crippen LogP contribution >= 0.6 is 0 Å². The van der Waals surface area contributed by atoms with E-state index in [-0.39, 0.29) is 6.04 Å². The Morgan fingerprint density at radius 1 is 0.794 bits per heavy atom. The van der Waals surface area contributed by atoms with Crippen molar-refractivity contribution in [2.24, 2.45) is 11.8 Å². The third-order valence-electron chi connectivity index (χ3n) is 8.07. The maximum Gasteiger partial charge on any atom is 0.0594 e. The minimum Gasteiger partial charge on any atom is -0.336 e. The molecule has 2 aromatic carbocycles. The number of allylic oxidation sites excluding steroid dienone is 9. The van der Waals surface area contributed by atoms with E-state index in [1.54, 1.807) is 0 Å². The van der Waals surface area contributed by atoms with Crippen LogP contribution in [-0.4, -0.2) is 4.57 Å². The molecule has 0 N–H and O–H groups in total. The summed E-state index contributed by atoms with van der Waals surface area (Å²) in [5, 5.41) is 1.38. The van der Waals surface area contributed by atoms with Crippen LogP contribution in [0.25, 0.3) is 22.6 Å². The first-order valence-corrected chi connectivity index (χ1v) is 12.8. The number of nitrogens with zero attached hydrogens (tertiary/aromatic N) is 1. The van der Waals surface area contributed by atoms with Crippen molar-refractivity contribution < 1.29 is 0 Å². The van der Waals surface area contributed by atoms with Crippen LogP contribution in [0.15, 0.2) is 102 Å². The van der Waals surface area contributed by atoms with Gasteiger partial charge in [0.15, 0.2) is 0 Å². The Kier molecular flexibility index (Phi) is 5.29. The SMILES string of the molecule is CC1CC=CC=C1C1=CC(c2ccccc2)=CC(n2c3c(c4ccccc42)C=CCC3C)C1C. The molecule has 0 saturated heterocycles. The summed E-state index contributed by atoms with van der Waals surface area (Å²) in [5.41, 5.74) is 9.91. The average molecular weight is 444 g/mol. The fourth-order valence-electron chi connectivity index (χ4n) is 6.25. The summed E-state index contributed by atoms with van der Waals surface area (Å²) in [6, 6.07) is 20.2. The normalized spacial score (nSPS) is 26.1. The Morgan fingerprint density at radius 2 is 1.56 bits per heavy atom. The maximum absolute atomic E-state index is 2.68. The van der Waals surface area contributed by atoms with Gasteiger partial charge >= 0.3 is 0 Å². The average Bonchev–Trinajstić information content (AvgIpc) is 3.21. The van der Waals surface area contributed by atoms with Gasteiger partial charge in [0.25, 0.3) is 0 Å². The molecule has 0 fully saturated rings. The number of benzene rings is 2.